The lowest BCUT2D eigenvalue weighted by Gasteiger charge is -2.20. The Kier molecular flexibility index (Phi) is 4.97. The maximum absolute atomic E-state index is 11.5. The monoisotopic (exact) mass is 193 g/mol. The van der Waals surface area contributed by atoms with Crippen molar-refractivity contribution in [3.63, 3.8) is 0 Å². The lowest BCUT2D eigenvalue weighted by Crippen LogP contribution is -2.40. The fraction of sp³-hybridized carbons (Fsp3) is 1.00. The molecule has 0 heterocycles. The minimum atomic E-state index is -0.884. The standard InChI is InChI=1S/C8H19NO2S/c1-7(5-11-4)12(10)6-8(2,3)9/h7H,5-6,9H2,1-4H3. The first kappa shape index (κ1) is 12.1. The van der Waals surface area contributed by atoms with Crippen LogP contribution >= 0.6 is 0 Å². The van der Waals surface area contributed by atoms with Gasteiger partial charge in [-0.15, -0.1) is 0 Å². The van der Waals surface area contributed by atoms with Gasteiger partial charge in [0.05, 0.1) is 11.9 Å². The minimum absolute atomic E-state index is 0.0674. The van der Waals surface area contributed by atoms with Crippen molar-refractivity contribution in [2.75, 3.05) is 19.5 Å². The van der Waals surface area contributed by atoms with E-state index in [9.17, 15) is 4.21 Å². The number of hydrogen-bond donors (Lipinski definition) is 1. The molecule has 0 aromatic heterocycles. The van der Waals surface area contributed by atoms with Crippen LogP contribution in [0.5, 0.6) is 0 Å². The summed E-state index contributed by atoms with van der Waals surface area (Å²) in [5.41, 5.74) is 5.38. The maximum atomic E-state index is 11.5. The van der Waals surface area contributed by atoms with Crippen molar-refractivity contribution in [1.82, 2.24) is 0 Å². The average molecular weight is 193 g/mol. The van der Waals surface area contributed by atoms with Gasteiger partial charge in [-0.2, -0.15) is 0 Å². The molecule has 0 rings (SSSR count). The van der Waals surface area contributed by atoms with Crippen LogP contribution in [0.1, 0.15) is 20.8 Å². The molecule has 0 amide bonds. The van der Waals surface area contributed by atoms with Gasteiger partial charge in [-0.25, -0.2) is 0 Å². The summed E-state index contributed by atoms with van der Waals surface area (Å²) >= 11 is 0. The summed E-state index contributed by atoms with van der Waals surface area (Å²) in [6.45, 7) is 6.20. The van der Waals surface area contributed by atoms with Gasteiger partial charge in [0.15, 0.2) is 0 Å². The first-order valence-electron chi connectivity index (χ1n) is 4.02. The predicted molar refractivity (Wildman–Crippen MR) is 52.6 cm³/mol. The Hall–Kier alpha value is 0.0700. The van der Waals surface area contributed by atoms with E-state index in [2.05, 4.69) is 0 Å². The van der Waals surface area contributed by atoms with Crippen LogP contribution in [0, 0.1) is 0 Å². The first-order chi connectivity index (χ1) is 5.37. The third-order valence-electron chi connectivity index (χ3n) is 1.36. The molecule has 2 atom stereocenters. The van der Waals surface area contributed by atoms with Crippen molar-refractivity contribution in [2.45, 2.75) is 31.6 Å². The van der Waals surface area contributed by atoms with E-state index >= 15 is 0 Å². The van der Waals surface area contributed by atoms with E-state index in [1.165, 1.54) is 0 Å². The number of methoxy groups -OCH3 is 1. The summed E-state index contributed by atoms with van der Waals surface area (Å²) in [5, 5.41) is 0.0674. The fourth-order valence-corrected chi connectivity index (χ4v) is 2.13. The SMILES string of the molecule is COCC(C)S(=O)CC(C)(C)N. The molecule has 0 aliphatic carbocycles. The smallest absolute Gasteiger partial charge is 0.0603 e. The highest BCUT2D eigenvalue weighted by Crippen LogP contribution is 2.04. The number of hydrogen-bond acceptors (Lipinski definition) is 3. The van der Waals surface area contributed by atoms with Crippen molar-refractivity contribution < 1.29 is 8.95 Å². The molecule has 3 nitrogen and oxygen atoms in total. The molecule has 0 aliphatic heterocycles. The Labute approximate surface area is 77.1 Å². The molecule has 4 heteroatoms. The molecule has 0 aromatic rings. The van der Waals surface area contributed by atoms with E-state index in [1.54, 1.807) is 7.11 Å². The summed E-state index contributed by atoms with van der Waals surface area (Å²) in [5.74, 6) is 0.525. The molecule has 0 fully saturated rings. The zero-order valence-electron chi connectivity index (χ0n) is 8.29. The molecular formula is C8H19NO2S. The molecule has 2 unspecified atom stereocenters. The Bertz CT molecular complexity index is 154. The molecule has 2 N–H and O–H groups in total. The van der Waals surface area contributed by atoms with Gasteiger partial charge in [-0.1, -0.05) is 0 Å². The molecule has 0 radical (unpaired) electrons. The second kappa shape index (κ2) is 4.94. The third kappa shape index (κ3) is 5.69. The van der Waals surface area contributed by atoms with Crippen molar-refractivity contribution >= 4 is 10.8 Å². The highest BCUT2D eigenvalue weighted by atomic mass is 32.2. The van der Waals surface area contributed by atoms with Gasteiger partial charge in [0.2, 0.25) is 0 Å². The molecule has 0 aliphatic rings. The van der Waals surface area contributed by atoms with Crippen LogP contribution in [-0.2, 0) is 15.5 Å². The fourth-order valence-electron chi connectivity index (χ4n) is 0.820. The minimum Gasteiger partial charge on any atom is -0.383 e. The van der Waals surface area contributed by atoms with Gasteiger partial charge < -0.3 is 10.5 Å². The van der Waals surface area contributed by atoms with E-state index in [0.29, 0.717) is 12.4 Å². The summed E-state index contributed by atoms with van der Waals surface area (Å²) in [6, 6.07) is 0. The van der Waals surface area contributed by atoms with Crippen LogP contribution in [0.2, 0.25) is 0 Å². The highest BCUT2D eigenvalue weighted by Gasteiger charge is 2.19. The van der Waals surface area contributed by atoms with Crippen molar-refractivity contribution in [2.24, 2.45) is 5.73 Å². The first-order valence-corrected chi connectivity index (χ1v) is 5.40. The summed E-state index contributed by atoms with van der Waals surface area (Å²) in [6.07, 6.45) is 0. The molecule has 0 bridgehead atoms. The quantitative estimate of drug-likeness (QED) is 0.692. The molecule has 0 saturated carbocycles. The Morgan fingerprint density at radius 3 is 2.42 bits per heavy atom. The van der Waals surface area contributed by atoms with Gasteiger partial charge in [0.25, 0.3) is 0 Å². The molecule has 0 aromatic carbocycles. The van der Waals surface area contributed by atoms with Gasteiger partial charge >= 0.3 is 0 Å². The van der Waals surface area contributed by atoms with Crippen LogP contribution in [0.3, 0.4) is 0 Å². The number of nitrogens with two attached hydrogens (primary N) is 1. The zero-order chi connectivity index (χ0) is 9.78. The summed E-state index contributed by atoms with van der Waals surface area (Å²) in [4.78, 5) is 0. The highest BCUT2D eigenvalue weighted by molar-refractivity contribution is 7.85. The lowest BCUT2D eigenvalue weighted by molar-refractivity contribution is 0.201. The van der Waals surface area contributed by atoms with Crippen LogP contribution in [0.4, 0.5) is 0 Å². The zero-order valence-corrected chi connectivity index (χ0v) is 9.11. The van der Waals surface area contributed by atoms with E-state index in [0.717, 1.165) is 0 Å². The third-order valence-corrected chi connectivity index (χ3v) is 3.43. The topological polar surface area (TPSA) is 52.3 Å². The summed E-state index contributed by atoms with van der Waals surface area (Å²) < 4.78 is 16.4. The van der Waals surface area contributed by atoms with E-state index in [-0.39, 0.29) is 10.8 Å². The van der Waals surface area contributed by atoms with Gasteiger partial charge in [0.1, 0.15) is 0 Å². The molecule has 12 heavy (non-hydrogen) atoms. The molecule has 74 valence electrons. The van der Waals surface area contributed by atoms with Crippen molar-refractivity contribution in [1.29, 1.82) is 0 Å². The van der Waals surface area contributed by atoms with Gasteiger partial charge in [-0.3, -0.25) is 4.21 Å². The average Bonchev–Trinajstić information content (AvgIpc) is 1.84. The van der Waals surface area contributed by atoms with E-state index in [1.807, 2.05) is 20.8 Å². The van der Waals surface area contributed by atoms with Crippen LogP contribution in [0.25, 0.3) is 0 Å². The van der Waals surface area contributed by atoms with Crippen molar-refractivity contribution in [3.05, 3.63) is 0 Å². The number of rotatable bonds is 5. The van der Waals surface area contributed by atoms with Gasteiger partial charge in [0, 0.05) is 29.2 Å². The second-order valence-corrected chi connectivity index (χ2v) is 5.63. The number of ether oxygens (including phenoxy) is 1. The second-order valence-electron chi connectivity index (χ2n) is 3.78. The predicted octanol–water partition coefficient (Wildman–Crippen LogP) is 0.507. The Balaban J connectivity index is 3.87. The van der Waals surface area contributed by atoms with E-state index in [4.69, 9.17) is 10.5 Å². The van der Waals surface area contributed by atoms with Crippen LogP contribution in [0.15, 0.2) is 0 Å². The Morgan fingerprint density at radius 2 is 2.08 bits per heavy atom. The van der Waals surface area contributed by atoms with Crippen LogP contribution in [-0.4, -0.2) is 34.5 Å². The molecular weight excluding hydrogens is 174 g/mol. The largest absolute Gasteiger partial charge is 0.383 e. The van der Waals surface area contributed by atoms with Crippen LogP contribution < -0.4 is 5.73 Å². The van der Waals surface area contributed by atoms with E-state index < -0.39 is 10.8 Å². The molecule has 0 saturated heterocycles. The maximum Gasteiger partial charge on any atom is 0.0603 e. The summed E-state index contributed by atoms with van der Waals surface area (Å²) in [7, 11) is 0.728. The molecule has 0 spiro atoms. The van der Waals surface area contributed by atoms with Gasteiger partial charge in [-0.05, 0) is 20.8 Å². The Morgan fingerprint density at radius 1 is 1.58 bits per heavy atom. The lowest BCUT2D eigenvalue weighted by atomic mass is 10.1. The van der Waals surface area contributed by atoms with Crippen molar-refractivity contribution in [3.8, 4) is 0 Å². The normalized spacial score (nSPS) is 17.4.